The lowest BCUT2D eigenvalue weighted by Gasteiger charge is -2.36. The summed E-state index contributed by atoms with van der Waals surface area (Å²) in [5, 5.41) is 0.699. The number of piperazine rings is 1. The van der Waals surface area contributed by atoms with Gasteiger partial charge in [-0.05, 0) is 47.9 Å². The summed E-state index contributed by atoms with van der Waals surface area (Å²) in [6.45, 7) is 7.47. The number of methoxy groups -OCH3 is 2. The molecule has 4 rings (SSSR count). The first-order chi connectivity index (χ1) is 21.9. The van der Waals surface area contributed by atoms with Crippen LogP contribution in [-0.2, 0) is 24.6 Å². The van der Waals surface area contributed by atoms with Gasteiger partial charge in [-0.15, -0.1) is 0 Å². The summed E-state index contributed by atoms with van der Waals surface area (Å²) in [6.07, 6.45) is 7.14. The van der Waals surface area contributed by atoms with E-state index in [2.05, 4.69) is 24.0 Å². The molecule has 0 spiro atoms. The maximum Gasteiger partial charge on any atom is 0.246 e. The lowest BCUT2D eigenvalue weighted by atomic mass is 9.88. The van der Waals surface area contributed by atoms with Crippen molar-refractivity contribution in [3.8, 4) is 11.5 Å². The Balaban J connectivity index is 1.22. The van der Waals surface area contributed by atoms with Gasteiger partial charge in [0.15, 0.2) is 18.3 Å². The minimum atomic E-state index is -0.595. The molecular formula is C36H43ClN2O6. The molecule has 1 unspecified atom stereocenters. The first-order valence-electron chi connectivity index (χ1n) is 15.1. The standard InChI is InChI=1S/C36H43ClN2O6/c1-36(30-10-5-4-6-11-30,31-14-16-32(37)17-15-31)45-24-23-38-19-21-39(22-20-38)35(40)12-8-7-9-29-13-18-33(34(27-29)42-3)44-28-43-26-25-41-2/h4-18,27H,19-26,28H2,1-3H3. The number of allylic oxidation sites excluding steroid dienone is 2. The highest BCUT2D eigenvalue weighted by molar-refractivity contribution is 6.30. The molecule has 240 valence electrons. The van der Waals surface area contributed by atoms with E-state index >= 15 is 0 Å². The molecule has 0 aliphatic carbocycles. The van der Waals surface area contributed by atoms with Crippen molar-refractivity contribution in [1.29, 1.82) is 0 Å². The van der Waals surface area contributed by atoms with Crippen LogP contribution in [0, 0.1) is 0 Å². The van der Waals surface area contributed by atoms with Gasteiger partial charge in [0, 0.05) is 50.9 Å². The van der Waals surface area contributed by atoms with Crippen molar-refractivity contribution in [3.05, 3.63) is 113 Å². The Morgan fingerprint density at radius 1 is 0.867 bits per heavy atom. The molecule has 1 fully saturated rings. The van der Waals surface area contributed by atoms with E-state index in [9.17, 15) is 4.79 Å². The molecule has 0 N–H and O–H groups in total. The fourth-order valence-electron chi connectivity index (χ4n) is 5.05. The van der Waals surface area contributed by atoms with Gasteiger partial charge in [-0.2, -0.15) is 0 Å². The molecule has 1 saturated heterocycles. The van der Waals surface area contributed by atoms with Crippen LogP contribution < -0.4 is 9.47 Å². The van der Waals surface area contributed by atoms with Crippen molar-refractivity contribution < 1.29 is 28.5 Å². The molecule has 1 aliphatic rings. The van der Waals surface area contributed by atoms with E-state index in [0.717, 1.165) is 36.3 Å². The van der Waals surface area contributed by atoms with Gasteiger partial charge < -0.3 is 28.6 Å². The molecule has 1 aliphatic heterocycles. The SMILES string of the molecule is COCCOCOc1ccc(C=CC=CC(=O)N2CCN(CCOC(C)(c3ccccc3)c3ccc(Cl)cc3)CC2)cc1OC. The molecule has 8 nitrogen and oxygen atoms in total. The van der Waals surface area contributed by atoms with Crippen LogP contribution in [0.1, 0.15) is 23.6 Å². The van der Waals surface area contributed by atoms with Gasteiger partial charge in [-0.25, -0.2) is 0 Å². The first kappa shape index (κ1) is 34.2. The van der Waals surface area contributed by atoms with Crippen LogP contribution in [0.15, 0.2) is 91.0 Å². The summed E-state index contributed by atoms with van der Waals surface area (Å²) in [4.78, 5) is 17.0. The largest absolute Gasteiger partial charge is 0.493 e. The average Bonchev–Trinajstić information content (AvgIpc) is 3.07. The van der Waals surface area contributed by atoms with Crippen LogP contribution >= 0.6 is 11.6 Å². The Kier molecular flexibility index (Phi) is 13.5. The lowest BCUT2D eigenvalue weighted by molar-refractivity contribution is -0.127. The second-order valence-electron chi connectivity index (χ2n) is 10.7. The Morgan fingerprint density at radius 3 is 2.31 bits per heavy atom. The molecule has 0 radical (unpaired) electrons. The number of halogens is 1. The fraction of sp³-hybridized carbons (Fsp3) is 0.361. The second kappa shape index (κ2) is 17.7. The molecule has 1 atom stereocenters. The second-order valence-corrected chi connectivity index (χ2v) is 11.1. The third-order valence-electron chi connectivity index (χ3n) is 7.76. The number of hydrogen-bond donors (Lipinski definition) is 0. The van der Waals surface area contributed by atoms with Gasteiger partial charge in [-0.1, -0.05) is 78.4 Å². The molecule has 9 heteroatoms. The van der Waals surface area contributed by atoms with Crippen LogP contribution in [0.25, 0.3) is 6.08 Å². The highest BCUT2D eigenvalue weighted by Gasteiger charge is 2.30. The predicted octanol–water partition coefficient (Wildman–Crippen LogP) is 6.04. The monoisotopic (exact) mass is 634 g/mol. The smallest absolute Gasteiger partial charge is 0.246 e. The van der Waals surface area contributed by atoms with Crippen LogP contribution in [0.5, 0.6) is 11.5 Å². The van der Waals surface area contributed by atoms with E-state index < -0.39 is 5.60 Å². The average molecular weight is 635 g/mol. The van der Waals surface area contributed by atoms with E-state index in [1.165, 1.54) is 0 Å². The normalized spacial score (nSPS) is 15.4. The highest BCUT2D eigenvalue weighted by atomic mass is 35.5. The zero-order chi connectivity index (χ0) is 31.9. The molecule has 0 aromatic heterocycles. The lowest BCUT2D eigenvalue weighted by Crippen LogP contribution is -2.49. The number of benzene rings is 3. The van der Waals surface area contributed by atoms with Gasteiger partial charge in [-0.3, -0.25) is 9.69 Å². The van der Waals surface area contributed by atoms with Gasteiger partial charge in [0.2, 0.25) is 5.91 Å². The summed E-state index contributed by atoms with van der Waals surface area (Å²) >= 11 is 6.15. The van der Waals surface area contributed by atoms with Gasteiger partial charge >= 0.3 is 0 Å². The van der Waals surface area contributed by atoms with Crippen molar-refractivity contribution in [1.82, 2.24) is 9.80 Å². The summed E-state index contributed by atoms with van der Waals surface area (Å²) < 4.78 is 28.0. The molecule has 3 aromatic rings. The summed E-state index contributed by atoms with van der Waals surface area (Å²) in [7, 11) is 3.21. The summed E-state index contributed by atoms with van der Waals surface area (Å²) in [5.41, 5.74) is 2.47. The topological polar surface area (TPSA) is 69.7 Å². The molecule has 0 bridgehead atoms. The quantitative estimate of drug-likeness (QED) is 0.0823. The van der Waals surface area contributed by atoms with Crippen molar-refractivity contribution in [2.75, 3.05) is 73.6 Å². The first-order valence-corrected chi connectivity index (χ1v) is 15.5. The van der Waals surface area contributed by atoms with Crippen molar-refractivity contribution in [2.45, 2.75) is 12.5 Å². The molecule has 1 amide bonds. The highest BCUT2D eigenvalue weighted by Crippen LogP contribution is 2.34. The Hall–Kier alpha value is -3.66. The molecule has 3 aromatic carbocycles. The maximum absolute atomic E-state index is 12.8. The maximum atomic E-state index is 12.8. The molecule has 0 saturated carbocycles. The number of hydrogen-bond acceptors (Lipinski definition) is 7. The van der Waals surface area contributed by atoms with E-state index in [0.29, 0.717) is 49.4 Å². The van der Waals surface area contributed by atoms with E-state index in [1.807, 2.05) is 77.7 Å². The summed E-state index contributed by atoms with van der Waals surface area (Å²) in [5.74, 6) is 1.20. The van der Waals surface area contributed by atoms with E-state index in [4.69, 9.17) is 35.3 Å². The Labute approximate surface area is 271 Å². The van der Waals surface area contributed by atoms with Gasteiger partial charge in [0.1, 0.15) is 5.60 Å². The van der Waals surface area contributed by atoms with Crippen LogP contribution in [-0.4, -0.2) is 89.3 Å². The molecular weight excluding hydrogens is 592 g/mol. The third kappa shape index (κ3) is 10.2. The zero-order valence-electron chi connectivity index (χ0n) is 26.3. The number of ether oxygens (including phenoxy) is 5. The minimum Gasteiger partial charge on any atom is -0.493 e. The number of carbonyl (C=O) groups excluding carboxylic acids is 1. The van der Waals surface area contributed by atoms with Crippen LogP contribution in [0.3, 0.4) is 0 Å². The van der Waals surface area contributed by atoms with E-state index in [1.54, 1.807) is 26.4 Å². The molecule has 1 heterocycles. The van der Waals surface area contributed by atoms with Gasteiger partial charge in [0.25, 0.3) is 0 Å². The minimum absolute atomic E-state index is 0.00439. The summed E-state index contributed by atoms with van der Waals surface area (Å²) in [6, 6.07) is 23.7. The molecule has 45 heavy (non-hydrogen) atoms. The number of amides is 1. The fourth-order valence-corrected chi connectivity index (χ4v) is 5.18. The Morgan fingerprint density at radius 2 is 1.60 bits per heavy atom. The third-order valence-corrected chi connectivity index (χ3v) is 8.01. The predicted molar refractivity (Wildman–Crippen MR) is 178 cm³/mol. The van der Waals surface area contributed by atoms with Crippen LogP contribution in [0.2, 0.25) is 5.02 Å². The van der Waals surface area contributed by atoms with Crippen molar-refractivity contribution in [3.63, 3.8) is 0 Å². The van der Waals surface area contributed by atoms with Crippen LogP contribution in [0.4, 0.5) is 0 Å². The number of rotatable bonds is 16. The van der Waals surface area contributed by atoms with Gasteiger partial charge in [0.05, 0.1) is 26.9 Å². The number of nitrogens with zero attached hydrogens (tertiary/aromatic N) is 2. The van der Waals surface area contributed by atoms with Crippen molar-refractivity contribution >= 4 is 23.6 Å². The number of carbonyl (C=O) groups is 1. The Bertz CT molecular complexity index is 1390. The van der Waals surface area contributed by atoms with E-state index in [-0.39, 0.29) is 12.7 Å². The zero-order valence-corrected chi connectivity index (χ0v) is 27.1. The van der Waals surface area contributed by atoms with Crippen molar-refractivity contribution in [2.24, 2.45) is 0 Å².